The fraction of sp³-hybridized carbons (Fsp3) is 0.882. The van der Waals surface area contributed by atoms with Crippen molar-refractivity contribution in [2.75, 3.05) is 0 Å². The number of nitrogens with one attached hydrogen (secondary N) is 2. The summed E-state index contributed by atoms with van der Waals surface area (Å²) in [6, 6.07) is 0. The molecule has 5 atom stereocenters. The maximum Gasteiger partial charge on any atom is 0.516 e. The zero-order chi connectivity index (χ0) is 40.3. The van der Waals surface area contributed by atoms with Crippen LogP contribution < -0.4 is 9.44 Å². The zero-order valence-corrected chi connectivity index (χ0v) is 32.0. The predicted molar refractivity (Wildman–Crippen MR) is 175 cm³/mol. The second kappa shape index (κ2) is 12.4. The molecular formula is C34H46F6N2O10S2. The fourth-order valence-electron chi connectivity index (χ4n) is 11.7. The van der Waals surface area contributed by atoms with Crippen LogP contribution in [0.15, 0.2) is 0 Å². The molecule has 0 aliphatic heterocycles. The molecule has 8 rings (SSSR count). The summed E-state index contributed by atoms with van der Waals surface area (Å²) in [4.78, 5) is 54.6. The van der Waals surface area contributed by atoms with E-state index in [1.165, 1.54) is 9.44 Å². The number of ether oxygens (including phenoxy) is 2. The Hall–Kier alpha value is -2.64. The van der Waals surface area contributed by atoms with Gasteiger partial charge in [-0.1, -0.05) is 6.92 Å². The first-order valence-corrected chi connectivity index (χ1v) is 21.1. The van der Waals surface area contributed by atoms with Crippen LogP contribution in [-0.4, -0.2) is 62.8 Å². The van der Waals surface area contributed by atoms with E-state index in [0.29, 0.717) is 38.5 Å². The minimum absolute atomic E-state index is 0.106. The van der Waals surface area contributed by atoms with Gasteiger partial charge in [-0.15, -0.1) is 0 Å². The third kappa shape index (κ3) is 7.01. The Morgan fingerprint density at radius 2 is 0.944 bits per heavy atom. The number of hydrogen-bond donors (Lipinski definition) is 2. The van der Waals surface area contributed by atoms with Gasteiger partial charge < -0.3 is 9.47 Å². The van der Waals surface area contributed by atoms with Gasteiger partial charge in [0.2, 0.25) is 11.8 Å². The highest BCUT2D eigenvalue weighted by Gasteiger charge is 2.66. The van der Waals surface area contributed by atoms with E-state index >= 15 is 0 Å². The van der Waals surface area contributed by atoms with Crippen molar-refractivity contribution in [2.24, 2.45) is 45.3 Å². The van der Waals surface area contributed by atoms with Crippen molar-refractivity contribution >= 4 is 43.8 Å². The highest BCUT2D eigenvalue weighted by molar-refractivity contribution is 7.91. The number of esters is 2. The van der Waals surface area contributed by atoms with Crippen LogP contribution in [0.25, 0.3) is 0 Å². The molecule has 306 valence electrons. The normalized spacial score (nSPS) is 37.0. The van der Waals surface area contributed by atoms with Gasteiger partial charge in [0.25, 0.3) is 0 Å². The number of halogens is 6. The molecule has 8 saturated carbocycles. The fourth-order valence-corrected chi connectivity index (χ4v) is 12.9. The van der Waals surface area contributed by atoms with Gasteiger partial charge in [-0.25, -0.2) is 9.44 Å². The van der Waals surface area contributed by atoms with Crippen molar-refractivity contribution in [3.05, 3.63) is 0 Å². The van der Waals surface area contributed by atoms with Crippen molar-refractivity contribution in [1.82, 2.24) is 9.44 Å². The molecule has 8 aliphatic carbocycles. The summed E-state index contributed by atoms with van der Waals surface area (Å²) >= 11 is 0. The van der Waals surface area contributed by atoms with Crippen LogP contribution in [0.2, 0.25) is 0 Å². The highest BCUT2D eigenvalue weighted by Crippen LogP contribution is 2.65. The number of rotatable bonds is 11. The van der Waals surface area contributed by atoms with Crippen molar-refractivity contribution in [2.45, 2.75) is 140 Å². The number of sulfonamides is 2. The molecule has 0 aromatic heterocycles. The molecule has 5 unspecified atom stereocenters. The number of hydrogen-bond acceptors (Lipinski definition) is 10. The van der Waals surface area contributed by atoms with Crippen LogP contribution in [0, 0.1) is 45.3 Å². The van der Waals surface area contributed by atoms with Crippen molar-refractivity contribution < 1.29 is 71.8 Å². The van der Waals surface area contributed by atoms with Crippen molar-refractivity contribution in [3.8, 4) is 0 Å². The number of amides is 2. The maximum absolute atomic E-state index is 14.1. The number of carbonyl (C=O) groups excluding carboxylic acids is 4. The van der Waals surface area contributed by atoms with E-state index < -0.39 is 87.7 Å². The van der Waals surface area contributed by atoms with E-state index in [2.05, 4.69) is 0 Å². The summed E-state index contributed by atoms with van der Waals surface area (Å²) in [6.45, 7) is 6.41. The largest absolute Gasteiger partial charge is 0.516 e. The summed E-state index contributed by atoms with van der Waals surface area (Å²) in [5.41, 5.74) is -19.5. The molecule has 2 N–H and O–H groups in total. The third-order valence-electron chi connectivity index (χ3n) is 13.3. The third-order valence-corrected chi connectivity index (χ3v) is 15.4. The lowest BCUT2D eigenvalue weighted by molar-refractivity contribution is -0.216. The maximum atomic E-state index is 14.1. The molecule has 54 heavy (non-hydrogen) atoms. The number of alkyl halides is 6. The van der Waals surface area contributed by atoms with Crippen LogP contribution in [0.5, 0.6) is 0 Å². The van der Waals surface area contributed by atoms with Gasteiger partial charge in [0.05, 0.1) is 21.7 Å². The zero-order valence-electron chi connectivity index (χ0n) is 30.4. The van der Waals surface area contributed by atoms with Crippen LogP contribution in [0.3, 0.4) is 0 Å². The second-order valence-corrected chi connectivity index (χ2v) is 21.7. The van der Waals surface area contributed by atoms with Crippen LogP contribution >= 0.6 is 0 Å². The van der Waals surface area contributed by atoms with Gasteiger partial charge in [-0.05, 0) is 121 Å². The quantitative estimate of drug-likeness (QED) is 0.199. The first kappa shape index (κ1) is 41.0. The van der Waals surface area contributed by atoms with Gasteiger partial charge >= 0.3 is 43.0 Å². The van der Waals surface area contributed by atoms with E-state index in [0.717, 1.165) is 0 Å². The lowest BCUT2D eigenvalue weighted by Crippen LogP contribution is -2.63. The summed E-state index contributed by atoms with van der Waals surface area (Å²) < 4.78 is 141. The highest BCUT2D eigenvalue weighted by atomic mass is 32.2. The van der Waals surface area contributed by atoms with Crippen LogP contribution in [-0.2, 0) is 48.7 Å². The van der Waals surface area contributed by atoms with E-state index in [-0.39, 0.29) is 75.0 Å². The summed E-state index contributed by atoms with van der Waals surface area (Å²) in [7, 11) is -11.9. The first-order chi connectivity index (χ1) is 24.4. The molecule has 8 bridgehead atoms. The Kier molecular flexibility index (Phi) is 9.44. The van der Waals surface area contributed by atoms with E-state index in [1.54, 1.807) is 27.7 Å². The lowest BCUT2D eigenvalue weighted by atomic mass is 9.47. The molecule has 0 saturated heterocycles. The summed E-state index contributed by atoms with van der Waals surface area (Å²) in [5, 5.41) is 0. The molecule has 12 nitrogen and oxygen atoms in total. The molecule has 8 aliphatic rings. The van der Waals surface area contributed by atoms with Gasteiger partial charge in [0, 0.05) is 12.8 Å². The molecule has 0 spiro atoms. The Morgan fingerprint density at radius 3 is 1.26 bits per heavy atom. The molecule has 0 heterocycles. The minimum atomic E-state index is -5.96. The van der Waals surface area contributed by atoms with Gasteiger partial charge in [0.1, 0.15) is 11.2 Å². The molecule has 2 amide bonds. The topological polar surface area (TPSA) is 179 Å². The van der Waals surface area contributed by atoms with Gasteiger partial charge in [-0.2, -0.15) is 43.2 Å². The van der Waals surface area contributed by atoms with E-state index in [1.807, 2.05) is 0 Å². The first-order valence-electron chi connectivity index (χ1n) is 18.2. The average molecular weight is 821 g/mol. The molecule has 8 fully saturated rings. The second-order valence-electron chi connectivity index (χ2n) is 18.4. The molecule has 0 radical (unpaired) electrons. The number of carbonyl (C=O) groups is 4. The van der Waals surface area contributed by atoms with E-state index in [4.69, 9.17) is 9.47 Å². The SMILES string of the molecule is CCC(C)(CC(C)(C)C(=O)OC12CC3CC(C1)CC(C(=O)NS(=O)(=O)C(F)(F)F)(C3)C2)C(=O)OC12CC3CC(C1)CC(C(=O)NS(=O)(=O)C(F)(F)F)(C3)C2. The Balaban J connectivity index is 1.16. The summed E-state index contributed by atoms with van der Waals surface area (Å²) in [6.07, 6.45) is 2.99. The molecular weight excluding hydrogens is 774 g/mol. The minimum Gasteiger partial charge on any atom is -0.459 e. The summed E-state index contributed by atoms with van der Waals surface area (Å²) in [5.74, 6) is -4.78. The Morgan fingerprint density at radius 1 is 0.611 bits per heavy atom. The lowest BCUT2D eigenvalue weighted by Gasteiger charge is -2.60. The average Bonchev–Trinajstić information content (AvgIpc) is 2.97. The Bertz CT molecular complexity index is 1820. The van der Waals surface area contributed by atoms with Crippen LogP contribution in [0.1, 0.15) is 118 Å². The predicted octanol–water partition coefficient (Wildman–Crippen LogP) is 5.52. The van der Waals surface area contributed by atoms with Crippen LogP contribution in [0.4, 0.5) is 26.3 Å². The Labute approximate surface area is 309 Å². The van der Waals surface area contributed by atoms with Gasteiger partial charge in [0.15, 0.2) is 0 Å². The molecule has 0 aromatic carbocycles. The molecule has 0 aromatic rings. The standard InChI is InChI=1S/C34H46F6N2O10S2/c1-5-28(4,26(46)52-32-14-21-7-22(15-32)11-30(10-21,18-32)24(44)42-54(49,50)34(38,39)40)16-27(2,3)25(45)51-31-12-19-6-20(13-31)9-29(8-19,17-31)23(43)41-53(47,48)33(35,36)37/h19-22H,5-18H2,1-4H3,(H,41,43)(H,42,44). The molecule has 20 heteroatoms. The van der Waals surface area contributed by atoms with Crippen molar-refractivity contribution in [3.63, 3.8) is 0 Å². The van der Waals surface area contributed by atoms with Gasteiger partial charge in [-0.3, -0.25) is 19.2 Å². The smallest absolute Gasteiger partial charge is 0.459 e. The monoisotopic (exact) mass is 820 g/mol. The van der Waals surface area contributed by atoms with E-state index in [9.17, 15) is 62.4 Å². The van der Waals surface area contributed by atoms with Crippen molar-refractivity contribution in [1.29, 1.82) is 0 Å².